The lowest BCUT2D eigenvalue weighted by Crippen LogP contribution is -2.09. The van der Waals surface area contributed by atoms with E-state index in [0.717, 1.165) is 17.8 Å². The predicted octanol–water partition coefficient (Wildman–Crippen LogP) is 6.30. The molecule has 0 N–H and O–H groups in total. The first kappa shape index (κ1) is 17.8. The Morgan fingerprint density at radius 3 is 2.11 bits per heavy atom. The third-order valence-electron chi connectivity index (χ3n) is 3.06. The number of thioether (sulfide) groups is 1. The molecule has 0 heterocycles. The maximum Gasteiger partial charge on any atom is 0.00260 e. The average molecular weight is 269 g/mol. The predicted molar refractivity (Wildman–Crippen MR) is 88.0 cm³/mol. The molecule has 0 aliphatic heterocycles. The maximum absolute atomic E-state index is 2.34. The van der Waals surface area contributed by atoms with Crippen LogP contribution in [0.3, 0.4) is 0 Å². The van der Waals surface area contributed by atoms with Gasteiger partial charge in [-0.1, -0.05) is 52.3 Å². The summed E-state index contributed by atoms with van der Waals surface area (Å²) in [6, 6.07) is 0. The van der Waals surface area contributed by atoms with Crippen molar-refractivity contribution in [2.45, 2.75) is 60.8 Å². The second kappa shape index (κ2) is 10.7. The third-order valence-corrected chi connectivity index (χ3v) is 4.40. The fraction of sp³-hybridized carbons (Fsp3) is 0.765. The lowest BCUT2D eigenvalue weighted by atomic mass is 9.92. The summed E-state index contributed by atoms with van der Waals surface area (Å²) in [6.45, 7) is 13.6. The topological polar surface area (TPSA) is 0 Å². The van der Waals surface area contributed by atoms with Gasteiger partial charge in [0.1, 0.15) is 0 Å². The molecular formula is C17H32S. The van der Waals surface area contributed by atoms with Crippen LogP contribution in [-0.2, 0) is 0 Å². The average Bonchev–Trinajstić information content (AvgIpc) is 2.30. The Morgan fingerprint density at radius 1 is 1.00 bits per heavy atom. The van der Waals surface area contributed by atoms with Crippen molar-refractivity contribution in [2.24, 2.45) is 17.8 Å². The Morgan fingerprint density at radius 2 is 1.67 bits per heavy atom. The van der Waals surface area contributed by atoms with Gasteiger partial charge < -0.3 is 0 Å². The standard InChI is InChI=1S/C17H32S/c1-7-9-17(8-2)18-13-16(12-15(5)6)11-10-14(3)4/h7-9,14-16H,10-13H2,1-6H3/b9-7-,17-8+. The molecule has 0 spiro atoms. The molecule has 1 heteroatoms. The number of hydrogen-bond donors (Lipinski definition) is 0. The largest absolute Gasteiger partial charge is 0.126 e. The molecule has 0 nitrogen and oxygen atoms in total. The van der Waals surface area contributed by atoms with E-state index in [4.69, 9.17) is 0 Å². The lowest BCUT2D eigenvalue weighted by Gasteiger charge is -2.20. The van der Waals surface area contributed by atoms with Crippen LogP contribution in [0.2, 0.25) is 0 Å². The van der Waals surface area contributed by atoms with Crippen molar-refractivity contribution >= 4 is 11.8 Å². The Kier molecular flexibility index (Phi) is 10.6. The summed E-state index contributed by atoms with van der Waals surface area (Å²) in [5.41, 5.74) is 0. The highest BCUT2D eigenvalue weighted by Gasteiger charge is 2.12. The van der Waals surface area contributed by atoms with E-state index in [1.165, 1.54) is 29.9 Å². The van der Waals surface area contributed by atoms with Gasteiger partial charge in [0.2, 0.25) is 0 Å². The van der Waals surface area contributed by atoms with Crippen LogP contribution in [0.25, 0.3) is 0 Å². The fourth-order valence-electron chi connectivity index (χ4n) is 2.11. The highest BCUT2D eigenvalue weighted by atomic mass is 32.2. The van der Waals surface area contributed by atoms with E-state index in [0.29, 0.717) is 0 Å². The zero-order valence-corrected chi connectivity index (χ0v) is 14.0. The summed E-state index contributed by atoms with van der Waals surface area (Å²) in [7, 11) is 0. The first-order valence-electron chi connectivity index (χ1n) is 7.41. The lowest BCUT2D eigenvalue weighted by molar-refractivity contribution is 0.386. The minimum Gasteiger partial charge on any atom is -0.126 e. The van der Waals surface area contributed by atoms with Crippen LogP contribution < -0.4 is 0 Å². The van der Waals surface area contributed by atoms with Gasteiger partial charge in [-0.3, -0.25) is 0 Å². The van der Waals surface area contributed by atoms with Gasteiger partial charge in [0.25, 0.3) is 0 Å². The molecule has 1 unspecified atom stereocenters. The maximum atomic E-state index is 2.34. The van der Waals surface area contributed by atoms with Crippen LogP contribution in [0, 0.1) is 17.8 Å². The summed E-state index contributed by atoms with van der Waals surface area (Å²) in [5, 5.41) is 0. The van der Waals surface area contributed by atoms with E-state index >= 15 is 0 Å². The van der Waals surface area contributed by atoms with Crippen LogP contribution in [-0.4, -0.2) is 5.75 Å². The van der Waals surface area contributed by atoms with Gasteiger partial charge in [-0.2, -0.15) is 0 Å². The van der Waals surface area contributed by atoms with Crippen LogP contribution in [0.5, 0.6) is 0 Å². The summed E-state index contributed by atoms with van der Waals surface area (Å²) in [4.78, 5) is 1.41. The van der Waals surface area contributed by atoms with Gasteiger partial charge >= 0.3 is 0 Å². The normalized spacial score (nSPS) is 15.0. The number of allylic oxidation sites excluding steroid dienone is 3. The SMILES string of the molecule is C/C=C\C(=C/C)SCC(CCC(C)C)CC(C)C. The van der Waals surface area contributed by atoms with Crippen LogP contribution in [0.15, 0.2) is 23.1 Å². The number of rotatable bonds is 9. The molecule has 0 saturated heterocycles. The molecule has 1 atom stereocenters. The van der Waals surface area contributed by atoms with Gasteiger partial charge in [0.05, 0.1) is 0 Å². The molecule has 0 saturated carbocycles. The Labute approximate surface area is 119 Å². The van der Waals surface area contributed by atoms with Crippen LogP contribution >= 0.6 is 11.8 Å². The molecule has 106 valence electrons. The van der Waals surface area contributed by atoms with E-state index in [2.05, 4.69) is 59.8 Å². The number of hydrogen-bond acceptors (Lipinski definition) is 1. The van der Waals surface area contributed by atoms with Crippen molar-refractivity contribution in [1.82, 2.24) is 0 Å². The second-order valence-corrected chi connectivity index (χ2v) is 7.06. The summed E-state index contributed by atoms with van der Waals surface area (Å²) >= 11 is 2.02. The molecule has 0 rings (SSSR count). The monoisotopic (exact) mass is 268 g/mol. The van der Waals surface area contributed by atoms with Crippen LogP contribution in [0.1, 0.15) is 60.8 Å². The van der Waals surface area contributed by atoms with Crippen molar-refractivity contribution < 1.29 is 0 Å². The van der Waals surface area contributed by atoms with Crippen LogP contribution in [0.4, 0.5) is 0 Å². The molecular weight excluding hydrogens is 236 g/mol. The molecule has 0 aliphatic rings. The summed E-state index contributed by atoms with van der Waals surface area (Å²) < 4.78 is 0. The summed E-state index contributed by atoms with van der Waals surface area (Å²) in [5.74, 6) is 3.80. The van der Waals surface area contributed by atoms with Gasteiger partial charge in [-0.25, -0.2) is 0 Å². The van der Waals surface area contributed by atoms with Gasteiger partial charge in [-0.15, -0.1) is 11.8 Å². The molecule has 0 aromatic carbocycles. The smallest absolute Gasteiger partial charge is 0.00260 e. The van der Waals surface area contributed by atoms with E-state index in [9.17, 15) is 0 Å². The van der Waals surface area contributed by atoms with Crippen molar-refractivity contribution in [3.8, 4) is 0 Å². The van der Waals surface area contributed by atoms with Gasteiger partial charge in [0, 0.05) is 10.7 Å². The Balaban J connectivity index is 4.22. The molecule has 0 radical (unpaired) electrons. The van der Waals surface area contributed by atoms with E-state index in [1.807, 2.05) is 11.8 Å². The van der Waals surface area contributed by atoms with Crippen molar-refractivity contribution in [3.05, 3.63) is 23.1 Å². The molecule has 0 fully saturated rings. The van der Waals surface area contributed by atoms with Gasteiger partial charge in [-0.05, 0) is 44.4 Å². The first-order valence-corrected chi connectivity index (χ1v) is 8.39. The molecule has 0 aliphatic carbocycles. The van der Waals surface area contributed by atoms with E-state index in [-0.39, 0.29) is 0 Å². The first-order chi connectivity index (χ1) is 8.49. The Hall–Kier alpha value is -0.170. The highest BCUT2D eigenvalue weighted by Crippen LogP contribution is 2.27. The van der Waals surface area contributed by atoms with Crippen molar-refractivity contribution in [2.75, 3.05) is 5.75 Å². The van der Waals surface area contributed by atoms with Crippen molar-refractivity contribution in [3.63, 3.8) is 0 Å². The van der Waals surface area contributed by atoms with E-state index in [1.54, 1.807) is 0 Å². The molecule has 0 aromatic heterocycles. The Bertz CT molecular complexity index is 248. The minimum absolute atomic E-state index is 0.818. The van der Waals surface area contributed by atoms with Crippen molar-refractivity contribution in [1.29, 1.82) is 0 Å². The molecule has 0 amide bonds. The quantitative estimate of drug-likeness (QED) is 0.442. The third kappa shape index (κ3) is 9.82. The molecule has 0 aromatic rings. The zero-order chi connectivity index (χ0) is 14.0. The second-order valence-electron chi connectivity index (χ2n) is 5.97. The molecule has 18 heavy (non-hydrogen) atoms. The minimum atomic E-state index is 0.818. The van der Waals surface area contributed by atoms with Gasteiger partial charge in [0.15, 0.2) is 0 Å². The molecule has 0 bridgehead atoms. The summed E-state index contributed by atoms with van der Waals surface area (Å²) in [6.07, 6.45) is 10.7. The fourth-order valence-corrected chi connectivity index (χ4v) is 3.24. The highest BCUT2D eigenvalue weighted by molar-refractivity contribution is 8.03. The van der Waals surface area contributed by atoms with E-state index < -0.39 is 0 Å². The zero-order valence-electron chi connectivity index (χ0n) is 13.2.